The van der Waals surface area contributed by atoms with Crippen LogP contribution in [0, 0.1) is 5.92 Å². The van der Waals surface area contributed by atoms with Gasteiger partial charge in [-0.1, -0.05) is 13.8 Å². The van der Waals surface area contributed by atoms with Gasteiger partial charge in [-0.3, -0.25) is 5.01 Å². The first-order valence-electron chi connectivity index (χ1n) is 5.52. The Labute approximate surface area is 87.1 Å². The molecule has 1 saturated heterocycles. The number of hydrazone groups is 1. The molecule has 0 saturated carbocycles. The SMILES string of the molecule is COC[C@@H]1CCCN1/N=C/CC(C)C. The summed E-state index contributed by atoms with van der Waals surface area (Å²) in [7, 11) is 1.76. The van der Waals surface area contributed by atoms with E-state index in [0.29, 0.717) is 12.0 Å². The molecule has 0 amide bonds. The van der Waals surface area contributed by atoms with Crippen molar-refractivity contribution in [1.82, 2.24) is 5.01 Å². The van der Waals surface area contributed by atoms with Gasteiger partial charge in [0.05, 0.1) is 12.6 Å². The Morgan fingerprint density at radius 3 is 3.00 bits per heavy atom. The zero-order chi connectivity index (χ0) is 10.4. The largest absolute Gasteiger partial charge is 0.382 e. The minimum Gasteiger partial charge on any atom is -0.382 e. The maximum atomic E-state index is 5.17. The molecule has 1 aliphatic heterocycles. The van der Waals surface area contributed by atoms with Crippen LogP contribution < -0.4 is 0 Å². The van der Waals surface area contributed by atoms with E-state index in [-0.39, 0.29) is 0 Å². The van der Waals surface area contributed by atoms with Crippen molar-refractivity contribution in [1.29, 1.82) is 0 Å². The van der Waals surface area contributed by atoms with Crippen molar-refractivity contribution in [3.63, 3.8) is 0 Å². The fourth-order valence-corrected chi connectivity index (χ4v) is 1.70. The van der Waals surface area contributed by atoms with E-state index >= 15 is 0 Å². The van der Waals surface area contributed by atoms with Crippen LogP contribution in [0.25, 0.3) is 0 Å². The lowest BCUT2D eigenvalue weighted by atomic mass is 10.2. The van der Waals surface area contributed by atoms with Gasteiger partial charge in [-0.25, -0.2) is 0 Å². The van der Waals surface area contributed by atoms with Gasteiger partial charge in [0.15, 0.2) is 0 Å². The Bertz CT molecular complexity index is 180. The van der Waals surface area contributed by atoms with Gasteiger partial charge in [-0.15, -0.1) is 0 Å². The number of ether oxygens (including phenoxy) is 1. The van der Waals surface area contributed by atoms with Gasteiger partial charge in [0.1, 0.15) is 0 Å². The highest BCUT2D eigenvalue weighted by Crippen LogP contribution is 2.17. The van der Waals surface area contributed by atoms with E-state index in [1.165, 1.54) is 12.8 Å². The molecule has 0 aliphatic carbocycles. The van der Waals surface area contributed by atoms with E-state index in [1.54, 1.807) is 7.11 Å². The normalized spacial score (nSPS) is 22.9. The molecule has 14 heavy (non-hydrogen) atoms. The zero-order valence-corrected chi connectivity index (χ0v) is 9.57. The van der Waals surface area contributed by atoms with Crippen LogP contribution in [0.4, 0.5) is 0 Å². The molecule has 3 nitrogen and oxygen atoms in total. The first-order chi connectivity index (χ1) is 6.74. The molecule has 0 spiro atoms. The lowest BCUT2D eigenvalue weighted by Gasteiger charge is -2.20. The van der Waals surface area contributed by atoms with Gasteiger partial charge in [0, 0.05) is 19.9 Å². The fourth-order valence-electron chi connectivity index (χ4n) is 1.70. The molecule has 1 fully saturated rings. The summed E-state index contributed by atoms with van der Waals surface area (Å²) < 4.78 is 5.17. The Morgan fingerprint density at radius 2 is 2.36 bits per heavy atom. The van der Waals surface area contributed by atoms with E-state index in [1.807, 2.05) is 6.21 Å². The predicted molar refractivity (Wildman–Crippen MR) is 59.6 cm³/mol. The maximum Gasteiger partial charge on any atom is 0.0704 e. The minimum atomic E-state index is 0.503. The smallest absolute Gasteiger partial charge is 0.0704 e. The van der Waals surface area contributed by atoms with Gasteiger partial charge in [-0.05, 0) is 25.2 Å². The first kappa shape index (κ1) is 11.5. The number of methoxy groups -OCH3 is 1. The van der Waals surface area contributed by atoms with Crippen molar-refractivity contribution in [2.24, 2.45) is 11.0 Å². The monoisotopic (exact) mass is 198 g/mol. The Balaban J connectivity index is 2.31. The molecule has 1 atom stereocenters. The summed E-state index contributed by atoms with van der Waals surface area (Å²) in [6.45, 7) is 6.31. The molecule has 82 valence electrons. The van der Waals surface area contributed by atoms with Crippen LogP contribution in [0.1, 0.15) is 33.1 Å². The van der Waals surface area contributed by atoms with Crippen molar-refractivity contribution in [3.8, 4) is 0 Å². The zero-order valence-electron chi connectivity index (χ0n) is 9.57. The average molecular weight is 198 g/mol. The summed E-state index contributed by atoms with van der Waals surface area (Å²) >= 11 is 0. The lowest BCUT2D eigenvalue weighted by molar-refractivity contribution is 0.118. The molecule has 1 rings (SSSR count). The number of hydrogen-bond donors (Lipinski definition) is 0. The summed E-state index contributed by atoms with van der Waals surface area (Å²) in [4.78, 5) is 0. The van der Waals surface area contributed by atoms with E-state index < -0.39 is 0 Å². The van der Waals surface area contributed by atoms with Crippen LogP contribution >= 0.6 is 0 Å². The molecule has 0 aromatic heterocycles. The third-order valence-electron chi connectivity index (χ3n) is 2.51. The highest BCUT2D eigenvalue weighted by molar-refractivity contribution is 5.56. The third kappa shape index (κ3) is 3.66. The van der Waals surface area contributed by atoms with Crippen molar-refractivity contribution in [2.75, 3.05) is 20.3 Å². The quantitative estimate of drug-likeness (QED) is 0.632. The number of hydrogen-bond acceptors (Lipinski definition) is 3. The topological polar surface area (TPSA) is 24.8 Å². The van der Waals surface area contributed by atoms with Crippen molar-refractivity contribution >= 4 is 6.21 Å². The lowest BCUT2D eigenvalue weighted by Crippen LogP contribution is -2.28. The highest BCUT2D eigenvalue weighted by Gasteiger charge is 2.22. The van der Waals surface area contributed by atoms with Crippen molar-refractivity contribution in [3.05, 3.63) is 0 Å². The van der Waals surface area contributed by atoms with E-state index in [4.69, 9.17) is 4.74 Å². The predicted octanol–water partition coefficient (Wildman–Crippen LogP) is 2.13. The summed E-state index contributed by atoms with van der Waals surface area (Å²) in [5.41, 5.74) is 0. The number of rotatable bonds is 5. The van der Waals surface area contributed by atoms with E-state index in [0.717, 1.165) is 19.6 Å². The Kier molecular flexibility index (Phi) is 4.94. The molecule has 0 radical (unpaired) electrons. The standard InChI is InChI=1S/C11H22N2O/c1-10(2)6-7-12-13-8-4-5-11(13)9-14-3/h7,10-11H,4-6,8-9H2,1-3H3/b12-7+/t11-/m0/s1. The van der Waals surface area contributed by atoms with Crippen LogP contribution in [0.5, 0.6) is 0 Å². The average Bonchev–Trinajstić information content (AvgIpc) is 2.53. The Morgan fingerprint density at radius 1 is 1.57 bits per heavy atom. The van der Waals surface area contributed by atoms with Crippen molar-refractivity contribution < 1.29 is 4.74 Å². The van der Waals surface area contributed by atoms with E-state index in [2.05, 4.69) is 24.0 Å². The van der Waals surface area contributed by atoms with Crippen LogP contribution in [-0.4, -0.2) is 37.5 Å². The summed E-state index contributed by atoms with van der Waals surface area (Å²) in [5.74, 6) is 0.697. The van der Waals surface area contributed by atoms with Crippen LogP contribution in [0.15, 0.2) is 5.10 Å². The van der Waals surface area contributed by atoms with Gasteiger partial charge in [-0.2, -0.15) is 5.10 Å². The third-order valence-corrected chi connectivity index (χ3v) is 2.51. The van der Waals surface area contributed by atoms with Gasteiger partial charge < -0.3 is 4.74 Å². The van der Waals surface area contributed by atoms with Gasteiger partial charge in [0.25, 0.3) is 0 Å². The highest BCUT2D eigenvalue weighted by atomic mass is 16.5. The maximum absolute atomic E-state index is 5.17. The van der Waals surface area contributed by atoms with Crippen LogP contribution in [0.2, 0.25) is 0 Å². The second kappa shape index (κ2) is 6.02. The molecule has 0 aromatic rings. The Hall–Kier alpha value is -0.570. The molecule has 0 N–H and O–H groups in total. The summed E-state index contributed by atoms with van der Waals surface area (Å²) in [6, 6.07) is 0.503. The van der Waals surface area contributed by atoms with Gasteiger partial charge >= 0.3 is 0 Å². The first-order valence-corrected chi connectivity index (χ1v) is 5.52. The molecule has 0 unspecified atom stereocenters. The fraction of sp³-hybridized carbons (Fsp3) is 0.909. The molecular formula is C11H22N2O. The minimum absolute atomic E-state index is 0.503. The molecule has 0 aromatic carbocycles. The van der Waals surface area contributed by atoms with Gasteiger partial charge in [0.2, 0.25) is 0 Å². The number of nitrogens with zero attached hydrogens (tertiary/aromatic N) is 2. The van der Waals surface area contributed by atoms with Crippen LogP contribution in [-0.2, 0) is 4.74 Å². The second-order valence-electron chi connectivity index (χ2n) is 4.34. The van der Waals surface area contributed by atoms with E-state index in [9.17, 15) is 0 Å². The second-order valence-corrected chi connectivity index (χ2v) is 4.34. The molecule has 1 heterocycles. The molecule has 0 bridgehead atoms. The summed E-state index contributed by atoms with van der Waals surface area (Å²) in [6.07, 6.45) is 5.56. The summed E-state index contributed by atoms with van der Waals surface area (Å²) in [5, 5.41) is 6.66. The van der Waals surface area contributed by atoms with Crippen LogP contribution in [0.3, 0.4) is 0 Å². The molecule has 1 aliphatic rings. The molecule has 3 heteroatoms. The van der Waals surface area contributed by atoms with Crippen molar-refractivity contribution in [2.45, 2.75) is 39.2 Å². The molecular weight excluding hydrogens is 176 g/mol.